The molecule has 0 radical (unpaired) electrons. The lowest BCUT2D eigenvalue weighted by Crippen LogP contribution is -2.21. The second-order valence-corrected chi connectivity index (χ2v) is 5.84. The Bertz CT molecular complexity index is 498. The molecular formula is C17H20O. The van der Waals surface area contributed by atoms with Crippen LogP contribution in [0.25, 0.3) is 0 Å². The highest BCUT2D eigenvalue weighted by atomic mass is 16.1. The molecule has 0 saturated carbocycles. The Morgan fingerprint density at radius 3 is 2.89 bits per heavy atom. The lowest BCUT2D eigenvalue weighted by Gasteiger charge is -2.30. The van der Waals surface area contributed by atoms with Gasteiger partial charge in [0.15, 0.2) is 5.78 Å². The van der Waals surface area contributed by atoms with E-state index in [-0.39, 0.29) is 0 Å². The van der Waals surface area contributed by atoms with Crippen LogP contribution in [-0.2, 0) is 11.2 Å². The molecule has 0 heterocycles. The number of ketones is 1. The van der Waals surface area contributed by atoms with E-state index in [1.165, 1.54) is 17.5 Å². The van der Waals surface area contributed by atoms with Crippen molar-refractivity contribution in [2.45, 2.75) is 44.9 Å². The summed E-state index contributed by atoms with van der Waals surface area (Å²) in [7, 11) is 0. The highest BCUT2D eigenvalue weighted by Crippen LogP contribution is 2.38. The molecule has 1 nitrogen and oxygen atoms in total. The summed E-state index contributed by atoms with van der Waals surface area (Å²) in [6.45, 7) is 2.26. The molecule has 2 aliphatic carbocycles. The second-order valence-electron chi connectivity index (χ2n) is 5.84. The number of carbonyl (C=O) groups is 1. The van der Waals surface area contributed by atoms with Gasteiger partial charge >= 0.3 is 0 Å². The molecule has 1 heteroatoms. The van der Waals surface area contributed by atoms with Crippen molar-refractivity contribution in [3.63, 3.8) is 0 Å². The molecular weight excluding hydrogens is 220 g/mol. The van der Waals surface area contributed by atoms with E-state index in [4.69, 9.17) is 0 Å². The van der Waals surface area contributed by atoms with Crippen LogP contribution in [0.5, 0.6) is 0 Å². The molecule has 0 fully saturated rings. The van der Waals surface area contributed by atoms with Gasteiger partial charge in [0.25, 0.3) is 0 Å². The van der Waals surface area contributed by atoms with Crippen molar-refractivity contribution in [3.8, 4) is 0 Å². The SMILES string of the molecule is CC1CC=C(C(=O)CC2Cc3ccccc32)CC1. The zero-order valence-electron chi connectivity index (χ0n) is 11.0. The maximum Gasteiger partial charge on any atom is 0.159 e. The number of fused-ring (bicyclic) bond motifs is 1. The summed E-state index contributed by atoms with van der Waals surface area (Å²) in [5, 5.41) is 0. The van der Waals surface area contributed by atoms with Gasteiger partial charge in [-0.1, -0.05) is 37.3 Å². The highest BCUT2D eigenvalue weighted by molar-refractivity contribution is 5.96. The molecule has 3 rings (SSSR count). The van der Waals surface area contributed by atoms with E-state index in [9.17, 15) is 4.79 Å². The van der Waals surface area contributed by atoms with Gasteiger partial charge in [0.05, 0.1) is 0 Å². The lowest BCUT2D eigenvalue weighted by molar-refractivity contribution is -0.116. The number of hydrogen-bond acceptors (Lipinski definition) is 1. The van der Waals surface area contributed by atoms with Crippen molar-refractivity contribution < 1.29 is 4.79 Å². The van der Waals surface area contributed by atoms with Gasteiger partial charge in [-0.25, -0.2) is 0 Å². The molecule has 2 aliphatic rings. The largest absolute Gasteiger partial charge is 0.295 e. The highest BCUT2D eigenvalue weighted by Gasteiger charge is 2.28. The number of carbonyl (C=O) groups excluding carboxylic acids is 1. The average molecular weight is 240 g/mol. The third kappa shape index (κ3) is 2.14. The summed E-state index contributed by atoms with van der Waals surface area (Å²) in [6, 6.07) is 8.52. The normalized spacial score (nSPS) is 25.9. The van der Waals surface area contributed by atoms with E-state index >= 15 is 0 Å². The summed E-state index contributed by atoms with van der Waals surface area (Å²) >= 11 is 0. The van der Waals surface area contributed by atoms with E-state index < -0.39 is 0 Å². The summed E-state index contributed by atoms with van der Waals surface area (Å²) in [6.07, 6.45) is 7.25. The molecule has 0 aliphatic heterocycles. The maximum atomic E-state index is 12.2. The van der Waals surface area contributed by atoms with Crippen LogP contribution in [0.4, 0.5) is 0 Å². The first-order chi connectivity index (χ1) is 8.74. The number of allylic oxidation sites excluding steroid dienone is 2. The first-order valence-corrected chi connectivity index (χ1v) is 7.04. The van der Waals surface area contributed by atoms with Gasteiger partial charge in [-0.15, -0.1) is 0 Å². The van der Waals surface area contributed by atoms with Gasteiger partial charge in [0, 0.05) is 6.42 Å². The Morgan fingerprint density at radius 1 is 1.33 bits per heavy atom. The molecule has 0 N–H and O–H groups in total. The molecule has 2 unspecified atom stereocenters. The Labute approximate surface area is 109 Å². The van der Waals surface area contributed by atoms with E-state index in [2.05, 4.69) is 37.3 Å². The molecule has 0 bridgehead atoms. The Kier molecular flexibility index (Phi) is 3.07. The maximum absolute atomic E-state index is 12.2. The summed E-state index contributed by atoms with van der Waals surface area (Å²) < 4.78 is 0. The molecule has 94 valence electrons. The third-order valence-electron chi connectivity index (χ3n) is 4.42. The molecule has 18 heavy (non-hydrogen) atoms. The van der Waals surface area contributed by atoms with E-state index in [1.807, 2.05) is 0 Å². The number of hydrogen-bond donors (Lipinski definition) is 0. The molecule has 0 saturated heterocycles. The molecule has 1 aromatic rings. The van der Waals surface area contributed by atoms with Crippen LogP contribution in [0.2, 0.25) is 0 Å². The summed E-state index contributed by atoms with van der Waals surface area (Å²) in [4.78, 5) is 12.2. The van der Waals surface area contributed by atoms with Gasteiger partial charge in [0.2, 0.25) is 0 Å². The Hall–Kier alpha value is -1.37. The summed E-state index contributed by atoms with van der Waals surface area (Å²) in [5.41, 5.74) is 3.93. The van der Waals surface area contributed by atoms with Crippen molar-refractivity contribution in [2.24, 2.45) is 5.92 Å². The van der Waals surface area contributed by atoms with Crippen LogP contribution in [-0.4, -0.2) is 5.78 Å². The number of benzene rings is 1. The topological polar surface area (TPSA) is 17.1 Å². The van der Waals surface area contributed by atoms with Crippen LogP contribution in [0.1, 0.15) is 49.7 Å². The number of rotatable bonds is 3. The first kappa shape index (κ1) is 11.7. The standard InChI is InChI=1S/C17H20O/c1-12-6-8-13(9-7-12)17(18)11-15-10-14-4-2-3-5-16(14)15/h2-5,8,12,15H,6-7,9-11H2,1H3. The molecule has 0 amide bonds. The van der Waals surface area contributed by atoms with E-state index in [0.29, 0.717) is 11.7 Å². The zero-order valence-corrected chi connectivity index (χ0v) is 11.0. The molecule has 2 atom stereocenters. The monoisotopic (exact) mass is 240 g/mol. The third-order valence-corrected chi connectivity index (χ3v) is 4.42. The fourth-order valence-electron chi connectivity index (χ4n) is 3.12. The Morgan fingerprint density at radius 2 is 2.17 bits per heavy atom. The zero-order chi connectivity index (χ0) is 12.5. The quantitative estimate of drug-likeness (QED) is 0.779. The van der Waals surface area contributed by atoms with Gasteiger partial charge in [-0.2, -0.15) is 0 Å². The average Bonchev–Trinajstić information content (AvgIpc) is 2.36. The van der Waals surface area contributed by atoms with Crippen molar-refractivity contribution in [3.05, 3.63) is 47.0 Å². The van der Waals surface area contributed by atoms with Crippen molar-refractivity contribution in [2.75, 3.05) is 0 Å². The van der Waals surface area contributed by atoms with E-state index in [0.717, 1.165) is 37.2 Å². The first-order valence-electron chi connectivity index (χ1n) is 7.04. The van der Waals surface area contributed by atoms with Crippen molar-refractivity contribution >= 4 is 5.78 Å². The van der Waals surface area contributed by atoms with Gasteiger partial charge in [0.1, 0.15) is 0 Å². The summed E-state index contributed by atoms with van der Waals surface area (Å²) in [5.74, 6) is 1.63. The Balaban J connectivity index is 1.64. The van der Waals surface area contributed by atoms with Gasteiger partial charge < -0.3 is 0 Å². The van der Waals surface area contributed by atoms with Crippen LogP contribution < -0.4 is 0 Å². The minimum atomic E-state index is 0.390. The predicted octanol–water partition coefficient (Wildman–Crippen LogP) is 4.03. The smallest absolute Gasteiger partial charge is 0.159 e. The van der Waals surface area contributed by atoms with Gasteiger partial charge in [-0.3, -0.25) is 4.79 Å². The van der Waals surface area contributed by atoms with Crippen LogP contribution in [0.3, 0.4) is 0 Å². The molecule has 1 aromatic carbocycles. The fourth-order valence-corrected chi connectivity index (χ4v) is 3.12. The number of Topliss-reactive ketones (excluding diaryl/α,β-unsaturated/α-hetero) is 1. The fraction of sp³-hybridized carbons (Fsp3) is 0.471. The van der Waals surface area contributed by atoms with Crippen LogP contribution in [0, 0.1) is 5.92 Å². The predicted molar refractivity (Wildman–Crippen MR) is 73.6 cm³/mol. The van der Waals surface area contributed by atoms with Crippen LogP contribution >= 0.6 is 0 Å². The van der Waals surface area contributed by atoms with Crippen molar-refractivity contribution in [1.82, 2.24) is 0 Å². The second kappa shape index (κ2) is 4.72. The molecule has 0 spiro atoms. The van der Waals surface area contributed by atoms with Gasteiger partial charge in [-0.05, 0) is 54.2 Å². The van der Waals surface area contributed by atoms with Crippen LogP contribution in [0.15, 0.2) is 35.9 Å². The minimum absolute atomic E-state index is 0.390. The minimum Gasteiger partial charge on any atom is -0.295 e. The van der Waals surface area contributed by atoms with E-state index in [1.54, 1.807) is 0 Å². The van der Waals surface area contributed by atoms with Crippen molar-refractivity contribution in [1.29, 1.82) is 0 Å². The lowest BCUT2D eigenvalue weighted by atomic mass is 9.74. The molecule has 0 aromatic heterocycles.